The van der Waals surface area contributed by atoms with E-state index in [4.69, 9.17) is 14.9 Å². The Bertz CT molecular complexity index is 236. The Morgan fingerprint density at radius 1 is 1.75 bits per heavy atom. The van der Waals surface area contributed by atoms with E-state index in [1.54, 1.807) is 24.1 Å². The SMILES string of the molecule is Cn1cc(OCC(O)CO)cn1. The first kappa shape index (κ1) is 9.02. The summed E-state index contributed by atoms with van der Waals surface area (Å²) in [7, 11) is 1.77. The van der Waals surface area contributed by atoms with Gasteiger partial charge in [-0.25, -0.2) is 0 Å². The van der Waals surface area contributed by atoms with Crippen LogP contribution in [0.5, 0.6) is 5.75 Å². The second-order valence-corrected chi connectivity index (χ2v) is 2.50. The lowest BCUT2D eigenvalue weighted by Gasteiger charge is -2.06. The van der Waals surface area contributed by atoms with Crippen molar-refractivity contribution in [3.05, 3.63) is 12.4 Å². The smallest absolute Gasteiger partial charge is 0.157 e. The van der Waals surface area contributed by atoms with Crippen molar-refractivity contribution in [2.24, 2.45) is 7.05 Å². The van der Waals surface area contributed by atoms with Gasteiger partial charge in [0.15, 0.2) is 5.75 Å². The van der Waals surface area contributed by atoms with Crippen LogP contribution >= 0.6 is 0 Å². The van der Waals surface area contributed by atoms with Crippen LogP contribution in [0.2, 0.25) is 0 Å². The molecule has 5 nitrogen and oxygen atoms in total. The van der Waals surface area contributed by atoms with E-state index < -0.39 is 6.10 Å². The Hall–Kier alpha value is -1.07. The molecule has 5 heteroatoms. The van der Waals surface area contributed by atoms with Crippen molar-refractivity contribution >= 4 is 0 Å². The number of ether oxygens (including phenoxy) is 1. The van der Waals surface area contributed by atoms with E-state index in [0.717, 1.165) is 0 Å². The lowest BCUT2D eigenvalue weighted by atomic mass is 10.4. The van der Waals surface area contributed by atoms with Gasteiger partial charge < -0.3 is 14.9 Å². The van der Waals surface area contributed by atoms with Crippen molar-refractivity contribution in [1.29, 1.82) is 0 Å². The fourth-order valence-corrected chi connectivity index (χ4v) is 0.718. The van der Waals surface area contributed by atoms with Crippen LogP contribution in [-0.2, 0) is 7.05 Å². The molecule has 0 fully saturated rings. The predicted molar refractivity (Wildman–Crippen MR) is 41.8 cm³/mol. The van der Waals surface area contributed by atoms with E-state index >= 15 is 0 Å². The third-order valence-corrected chi connectivity index (χ3v) is 1.33. The molecule has 1 heterocycles. The van der Waals surface area contributed by atoms with Crippen LogP contribution in [0.4, 0.5) is 0 Å². The molecule has 2 N–H and O–H groups in total. The molecular formula is C7H12N2O3. The summed E-state index contributed by atoms with van der Waals surface area (Å²) < 4.78 is 6.68. The van der Waals surface area contributed by atoms with Crippen molar-refractivity contribution in [3.8, 4) is 5.75 Å². The molecular weight excluding hydrogens is 160 g/mol. The molecule has 0 spiro atoms. The summed E-state index contributed by atoms with van der Waals surface area (Å²) in [6.45, 7) is -0.206. The number of aryl methyl sites for hydroxylation is 1. The van der Waals surface area contributed by atoms with E-state index in [1.165, 1.54) is 0 Å². The van der Waals surface area contributed by atoms with Gasteiger partial charge in [0.1, 0.15) is 12.7 Å². The Morgan fingerprint density at radius 2 is 2.50 bits per heavy atom. The molecule has 68 valence electrons. The van der Waals surface area contributed by atoms with Crippen LogP contribution in [-0.4, -0.2) is 39.3 Å². The molecule has 1 aromatic heterocycles. The first-order valence-electron chi connectivity index (χ1n) is 3.62. The minimum atomic E-state index is -0.829. The number of aliphatic hydroxyl groups is 2. The van der Waals surface area contributed by atoms with Gasteiger partial charge >= 0.3 is 0 Å². The largest absolute Gasteiger partial charge is 0.488 e. The fraction of sp³-hybridized carbons (Fsp3) is 0.571. The number of nitrogens with zero attached hydrogens (tertiary/aromatic N) is 2. The molecule has 0 aliphatic heterocycles. The summed E-state index contributed by atoms with van der Waals surface area (Å²) in [5.41, 5.74) is 0. The van der Waals surface area contributed by atoms with Crippen LogP contribution in [0.15, 0.2) is 12.4 Å². The molecule has 0 aromatic carbocycles. The third-order valence-electron chi connectivity index (χ3n) is 1.33. The summed E-state index contributed by atoms with van der Waals surface area (Å²) in [4.78, 5) is 0. The average molecular weight is 172 g/mol. The number of rotatable bonds is 4. The van der Waals surface area contributed by atoms with Crippen LogP contribution in [0, 0.1) is 0 Å². The number of hydrogen-bond donors (Lipinski definition) is 2. The van der Waals surface area contributed by atoms with Gasteiger partial charge in [-0.3, -0.25) is 4.68 Å². The van der Waals surface area contributed by atoms with Crippen molar-refractivity contribution < 1.29 is 14.9 Å². The van der Waals surface area contributed by atoms with E-state index in [0.29, 0.717) is 5.75 Å². The maximum absolute atomic E-state index is 8.92. The second kappa shape index (κ2) is 4.08. The number of aliphatic hydroxyl groups excluding tert-OH is 2. The van der Waals surface area contributed by atoms with Gasteiger partial charge in [0, 0.05) is 7.05 Å². The fourth-order valence-electron chi connectivity index (χ4n) is 0.718. The number of hydrogen-bond acceptors (Lipinski definition) is 4. The Balaban J connectivity index is 2.33. The molecule has 1 unspecified atom stereocenters. The molecule has 1 aromatic rings. The molecule has 1 atom stereocenters. The molecule has 0 radical (unpaired) electrons. The minimum absolute atomic E-state index is 0.0855. The van der Waals surface area contributed by atoms with Crippen molar-refractivity contribution in [1.82, 2.24) is 9.78 Å². The molecule has 12 heavy (non-hydrogen) atoms. The van der Waals surface area contributed by atoms with E-state index in [-0.39, 0.29) is 13.2 Å². The lowest BCUT2D eigenvalue weighted by Crippen LogP contribution is -2.21. The van der Waals surface area contributed by atoms with Crippen molar-refractivity contribution in [3.63, 3.8) is 0 Å². The van der Waals surface area contributed by atoms with Gasteiger partial charge in [-0.05, 0) is 0 Å². The average Bonchev–Trinajstić information content (AvgIpc) is 2.47. The molecule has 0 aliphatic carbocycles. The van der Waals surface area contributed by atoms with Crippen molar-refractivity contribution in [2.45, 2.75) is 6.10 Å². The van der Waals surface area contributed by atoms with Crippen LogP contribution in [0.1, 0.15) is 0 Å². The highest BCUT2D eigenvalue weighted by atomic mass is 16.5. The first-order valence-corrected chi connectivity index (χ1v) is 3.62. The van der Waals surface area contributed by atoms with Gasteiger partial charge in [-0.15, -0.1) is 0 Å². The van der Waals surface area contributed by atoms with Gasteiger partial charge in [-0.1, -0.05) is 0 Å². The van der Waals surface area contributed by atoms with Gasteiger partial charge in [0.05, 0.1) is 19.0 Å². The highest BCUT2D eigenvalue weighted by Gasteiger charge is 2.03. The maximum Gasteiger partial charge on any atom is 0.157 e. The molecule has 0 saturated heterocycles. The second-order valence-electron chi connectivity index (χ2n) is 2.50. The lowest BCUT2D eigenvalue weighted by molar-refractivity contribution is 0.0536. The van der Waals surface area contributed by atoms with Gasteiger partial charge in [0.2, 0.25) is 0 Å². The van der Waals surface area contributed by atoms with E-state index in [1.807, 2.05) is 0 Å². The predicted octanol–water partition coefficient (Wildman–Crippen LogP) is -0.848. The zero-order valence-corrected chi connectivity index (χ0v) is 6.84. The van der Waals surface area contributed by atoms with Gasteiger partial charge in [0.25, 0.3) is 0 Å². The van der Waals surface area contributed by atoms with Crippen LogP contribution < -0.4 is 4.74 Å². The quantitative estimate of drug-likeness (QED) is 0.621. The maximum atomic E-state index is 8.92. The summed E-state index contributed by atoms with van der Waals surface area (Å²) in [5, 5.41) is 21.3. The summed E-state index contributed by atoms with van der Waals surface area (Å²) in [6, 6.07) is 0. The minimum Gasteiger partial charge on any atom is -0.488 e. The third kappa shape index (κ3) is 2.52. The summed E-state index contributed by atoms with van der Waals surface area (Å²) in [6.07, 6.45) is 2.40. The molecule has 0 amide bonds. The van der Waals surface area contributed by atoms with E-state index in [2.05, 4.69) is 5.10 Å². The standard InChI is InChI=1S/C7H12N2O3/c1-9-3-7(2-8-9)12-5-6(11)4-10/h2-3,6,10-11H,4-5H2,1H3. The van der Waals surface area contributed by atoms with Crippen LogP contribution in [0.25, 0.3) is 0 Å². The molecule has 0 bridgehead atoms. The Labute approximate surface area is 70.2 Å². The van der Waals surface area contributed by atoms with Crippen LogP contribution in [0.3, 0.4) is 0 Å². The topological polar surface area (TPSA) is 67.5 Å². The monoisotopic (exact) mass is 172 g/mol. The summed E-state index contributed by atoms with van der Waals surface area (Å²) in [5.74, 6) is 0.588. The highest BCUT2D eigenvalue weighted by Crippen LogP contribution is 2.06. The molecule has 0 aliphatic rings. The van der Waals surface area contributed by atoms with E-state index in [9.17, 15) is 0 Å². The Kier molecular flexibility index (Phi) is 3.07. The Morgan fingerprint density at radius 3 is 3.00 bits per heavy atom. The molecule has 0 saturated carbocycles. The number of aromatic nitrogens is 2. The zero-order valence-electron chi connectivity index (χ0n) is 6.84. The normalized spacial score (nSPS) is 12.9. The van der Waals surface area contributed by atoms with Gasteiger partial charge in [-0.2, -0.15) is 5.10 Å². The molecule has 1 rings (SSSR count). The van der Waals surface area contributed by atoms with Crippen molar-refractivity contribution in [2.75, 3.05) is 13.2 Å². The zero-order chi connectivity index (χ0) is 8.97. The highest BCUT2D eigenvalue weighted by molar-refractivity contribution is 5.11. The summed E-state index contributed by atoms with van der Waals surface area (Å²) >= 11 is 0. The first-order chi connectivity index (χ1) is 5.72.